The minimum Gasteiger partial charge on any atom is -0.481 e. The summed E-state index contributed by atoms with van der Waals surface area (Å²) in [5.41, 5.74) is -1.95. The van der Waals surface area contributed by atoms with Crippen molar-refractivity contribution in [1.82, 2.24) is 5.32 Å². The molecule has 0 bridgehead atoms. The Morgan fingerprint density at radius 1 is 1.29 bits per heavy atom. The predicted octanol–water partition coefficient (Wildman–Crippen LogP) is 3.44. The highest BCUT2D eigenvalue weighted by atomic mass is 19.4. The number of rotatable bonds is 6. The molecule has 1 aromatic rings. The molecule has 0 aliphatic carbocycles. The molecule has 0 radical (unpaired) electrons. The minimum atomic E-state index is -4.52. The van der Waals surface area contributed by atoms with Gasteiger partial charge in [-0.05, 0) is 45.0 Å². The summed E-state index contributed by atoms with van der Waals surface area (Å²) in [6.07, 6.45) is -4.24. The first-order chi connectivity index (χ1) is 9.54. The van der Waals surface area contributed by atoms with Gasteiger partial charge < -0.3 is 10.4 Å². The molecule has 2 N–H and O–H groups in total. The van der Waals surface area contributed by atoms with Gasteiger partial charge in [-0.2, -0.15) is 13.2 Å². The summed E-state index contributed by atoms with van der Waals surface area (Å²) < 4.78 is 51.0. The van der Waals surface area contributed by atoms with E-state index in [1.165, 1.54) is 0 Å². The molecule has 0 atom stereocenters. The maximum Gasteiger partial charge on any atom is 0.416 e. The number of hydrogen-bond donors (Lipinski definition) is 2. The number of halogens is 4. The third-order valence-corrected chi connectivity index (χ3v) is 3.19. The van der Waals surface area contributed by atoms with Crippen LogP contribution in [0, 0.1) is 11.2 Å². The summed E-state index contributed by atoms with van der Waals surface area (Å²) in [5, 5.41) is 11.7. The maximum absolute atomic E-state index is 13.4. The molecule has 21 heavy (non-hydrogen) atoms. The molecule has 0 spiro atoms. The molecule has 3 nitrogen and oxygen atoms in total. The van der Waals surface area contributed by atoms with Crippen molar-refractivity contribution in [3.8, 4) is 0 Å². The zero-order valence-electron chi connectivity index (χ0n) is 11.7. The van der Waals surface area contributed by atoms with Crippen molar-refractivity contribution in [3.05, 3.63) is 35.1 Å². The fraction of sp³-hybridized carbons (Fsp3) is 0.500. The van der Waals surface area contributed by atoms with E-state index in [1.807, 2.05) is 0 Å². The highest BCUT2D eigenvalue weighted by molar-refractivity contribution is 5.73. The lowest BCUT2D eigenvalue weighted by molar-refractivity contribution is -0.147. The van der Waals surface area contributed by atoms with Crippen LogP contribution < -0.4 is 5.32 Å². The van der Waals surface area contributed by atoms with Gasteiger partial charge in [0.2, 0.25) is 0 Å². The molecule has 0 saturated heterocycles. The van der Waals surface area contributed by atoms with Crippen LogP contribution in [-0.2, 0) is 17.5 Å². The van der Waals surface area contributed by atoms with E-state index in [9.17, 15) is 22.4 Å². The largest absolute Gasteiger partial charge is 0.481 e. The normalized spacial score (nSPS) is 12.5. The van der Waals surface area contributed by atoms with Crippen LogP contribution in [0.25, 0.3) is 0 Å². The minimum absolute atomic E-state index is 0.0918. The number of benzene rings is 1. The fourth-order valence-corrected chi connectivity index (χ4v) is 1.62. The van der Waals surface area contributed by atoms with Crippen molar-refractivity contribution in [1.29, 1.82) is 0 Å². The standard InChI is InChI=1S/C14H17F4NO2/c1-13(2,12(20)21)5-6-19-8-9-7-10(14(16,17)18)3-4-11(9)15/h3-4,7,19H,5-6,8H2,1-2H3,(H,20,21). The highest BCUT2D eigenvalue weighted by Crippen LogP contribution is 2.30. The predicted molar refractivity (Wildman–Crippen MR) is 69.1 cm³/mol. The van der Waals surface area contributed by atoms with Crippen LogP contribution in [0.1, 0.15) is 31.4 Å². The van der Waals surface area contributed by atoms with Gasteiger partial charge in [-0.3, -0.25) is 4.79 Å². The summed E-state index contributed by atoms with van der Waals surface area (Å²) in [4.78, 5) is 10.9. The van der Waals surface area contributed by atoms with E-state index in [0.717, 1.165) is 12.1 Å². The van der Waals surface area contributed by atoms with Crippen molar-refractivity contribution in [3.63, 3.8) is 0 Å². The number of aliphatic carboxylic acids is 1. The molecule has 118 valence electrons. The van der Waals surface area contributed by atoms with Crippen LogP contribution in [0.3, 0.4) is 0 Å². The fourth-order valence-electron chi connectivity index (χ4n) is 1.62. The van der Waals surface area contributed by atoms with Gasteiger partial charge in [0, 0.05) is 12.1 Å². The number of carboxylic acid groups (broad SMARTS) is 1. The van der Waals surface area contributed by atoms with Crippen LogP contribution in [-0.4, -0.2) is 17.6 Å². The summed E-state index contributed by atoms with van der Waals surface area (Å²) in [6.45, 7) is 3.25. The monoisotopic (exact) mass is 307 g/mol. The lowest BCUT2D eigenvalue weighted by atomic mass is 9.90. The van der Waals surface area contributed by atoms with E-state index in [2.05, 4.69) is 5.32 Å². The van der Waals surface area contributed by atoms with Crippen molar-refractivity contribution in [2.75, 3.05) is 6.54 Å². The van der Waals surface area contributed by atoms with Crippen molar-refractivity contribution in [2.24, 2.45) is 5.41 Å². The highest BCUT2D eigenvalue weighted by Gasteiger charge is 2.31. The lowest BCUT2D eigenvalue weighted by Gasteiger charge is -2.19. The first-order valence-electron chi connectivity index (χ1n) is 6.34. The number of alkyl halides is 3. The van der Waals surface area contributed by atoms with E-state index in [-0.39, 0.29) is 25.1 Å². The SMILES string of the molecule is CC(C)(CCNCc1cc(C(F)(F)F)ccc1F)C(=O)O. The topological polar surface area (TPSA) is 49.3 Å². The molecule has 0 heterocycles. The van der Waals surface area contributed by atoms with Gasteiger partial charge in [-0.15, -0.1) is 0 Å². The number of carboxylic acids is 1. The first-order valence-corrected chi connectivity index (χ1v) is 6.34. The molecule has 0 aromatic heterocycles. The average molecular weight is 307 g/mol. The van der Waals surface area contributed by atoms with Crippen molar-refractivity contribution < 1.29 is 27.5 Å². The quantitative estimate of drug-likeness (QED) is 0.625. The van der Waals surface area contributed by atoms with Crippen molar-refractivity contribution in [2.45, 2.75) is 33.0 Å². The van der Waals surface area contributed by atoms with Crippen LogP contribution in [0.4, 0.5) is 17.6 Å². The van der Waals surface area contributed by atoms with Gasteiger partial charge in [-0.25, -0.2) is 4.39 Å². The van der Waals surface area contributed by atoms with E-state index in [0.29, 0.717) is 6.07 Å². The van der Waals surface area contributed by atoms with Gasteiger partial charge in [0.15, 0.2) is 0 Å². The molecule has 0 fully saturated rings. The number of nitrogens with one attached hydrogen (secondary N) is 1. The molecule has 0 aliphatic rings. The maximum atomic E-state index is 13.4. The van der Waals surface area contributed by atoms with E-state index < -0.39 is 28.9 Å². The van der Waals surface area contributed by atoms with Gasteiger partial charge in [-0.1, -0.05) is 0 Å². The van der Waals surface area contributed by atoms with E-state index in [1.54, 1.807) is 13.8 Å². The molecule has 0 aliphatic heterocycles. The Hall–Kier alpha value is -1.63. The van der Waals surface area contributed by atoms with Gasteiger partial charge >= 0.3 is 12.1 Å². The van der Waals surface area contributed by atoms with Gasteiger partial charge in [0.25, 0.3) is 0 Å². The van der Waals surface area contributed by atoms with Crippen LogP contribution in [0.2, 0.25) is 0 Å². The Labute approximate surface area is 120 Å². The Morgan fingerprint density at radius 3 is 2.43 bits per heavy atom. The molecule has 1 rings (SSSR count). The van der Waals surface area contributed by atoms with Gasteiger partial charge in [0.05, 0.1) is 11.0 Å². The zero-order chi connectivity index (χ0) is 16.3. The van der Waals surface area contributed by atoms with Crippen LogP contribution >= 0.6 is 0 Å². The molecule has 0 amide bonds. The number of hydrogen-bond acceptors (Lipinski definition) is 2. The smallest absolute Gasteiger partial charge is 0.416 e. The molecule has 0 unspecified atom stereocenters. The van der Waals surface area contributed by atoms with Crippen molar-refractivity contribution >= 4 is 5.97 Å². The lowest BCUT2D eigenvalue weighted by Crippen LogP contribution is -2.29. The molecular weight excluding hydrogens is 290 g/mol. The second-order valence-electron chi connectivity index (χ2n) is 5.42. The van der Waals surface area contributed by atoms with E-state index in [4.69, 9.17) is 5.11 Å². The zero-order valence-corrected chi connectivity index (χ0v) is 11.7. The Kier molecular flexibility index (Phi) is 5.33. The third kappa shape index (κ3) is 5.00. The Balaban J connectivity index is 2.62. The third-order valence-electron chi connectivity index (χ3n) is 3.19. The summed E-state index contributed by atoms with van der Waals surface area (Å²) in [5.74, 6) is -1.69. The molecule has 0 saturated carbocycles. The summed E-state index contributed by atoms with van der Waals surface area (Å²) in [7, 11) is 0. The molecule has 1 aromatic carbocycles. The second kappa shape index (κ2) is 6.43. The number of carbonyl (C=O) groups is 1. The second-order valence-corrected chi connectivity index (χ2v) is 5.42. The first kappa shape index (κ1) is 17.4. The summed E-state index contributed by atoms with van der Waals surface area (Å²) >= 11 is 0. The van der Waals surface area contributed by atoms with Crippen LogP contribution in [0.15, 0.2) is 18.2 Å². The molecule has 7 heteroatoms. The molecular formula is C14H17F4NO2. The van der Waals surface area contributed by atoms with Gasteiger partial charge in [0.1, 0.15) is 5.82 Å². The van der Waals surface area contributed by atoms with Crippen LogP contribution in [0.5, 0.6) is 0 Å². The Bertz CT molecular complexity index is 512. The van der Waals surface area contributed by atoms with E-state index >= 15 is 0 Å². The Morgan fingerprint density at radius 2 is 1.90 bits per heavy atom. The summed E-state index contributed by atoms with van der Waals surface area (Å²) in [6, 6.07) is 2.22. The average Bonchev–Trinajstić information content (AvgIpc) is 2.34.